The summed E-state index contributed by atoms with van der Waals surface area (Å²) < 4.78 is 4.97. The van der Waals surface area contributed by atoms with Gasteiger partial charge in [-0.2, -0.15) is 0 Å². The first-order chi connectivity index (χ1) is 13.2. The zero-order valence-corrected chi connectivity index (χ0v) is 16.2. The van der Waals surface area contributed by atoms with Crippen LogP contribution in [-0.4, -0.2) is 47.6 Å². The van der Waals surface area contributed by atoms with Crippen molar-refractivity contribution in [1.82, 2.24) is 16.0 Å². The Balaban J connectivity index is 2.35. The summed E-state index contributed by atoms with van der Waals surface area (Å²) in [6, 6.07) is 7.07. The molecule has 1 aromatic rings. The van der Waals surface area contributed by atoms with Crippen LogP contribution in [0, 0.1) is 5.92 Å². The highest BCUT2D eigenvalue weighted by atomic mass is 16.5. The van der Waals surface area contributed by atoms with Crippen molar-refractivity contribution in [1.29, 1.82) is 0 Å². The summed E-state index contributed by atoms with van der Waals surface area (Å²) in [5, 5.41) is 16.2. The van der Waals surface area contributed by atoms with Crippen LogP contribution >= 0.6 is 0 Å². The SMILES string of the molecule is CC(C)CC(NC(=O)C(C)NC(=O)CNC(=O)OCc1ccccc1)C(=O)O. The lowest BCUT2D eigenvalue weighted by Gasteiger charge is -2.20. The average molecular weight is 393 g/mol. The Morgan fingerprint density at radius 3 is 2.25 bits per heavy atom. The molecule has 2 unspecified atom stereocenters. The predicted octanol–water partition coefficient (Wildman–Crippen LogP) is 1.03. The smallest absolute Gasteiger partial charge is 0.407 e. The van der Waals surface area contributed by atoms with Crippen molar-refractivity contribution in [2.75, 3.05) is 6.54 Å². The second-order valence-corrected chi connectivity index (χ2v) is 6.73. The highest BCUT2D eigenvalue weighted by molar-refractivity contribution is 5.91. The van der Waals surface area contributed by atoms with Gasteiger partial charge in [0.1, 0.15) is 25.2 Å². The van der Waals surface area contributed by atoms with Gasteiger partial charge in [0.2, 0.25) is 11.8 Å². The lowest BCUT2D eigenvalue weighted by atomic mass is 10.0. The molecule has 9 heteroatoms. The van der Waals surface area contributed by atoms with Gasteiger partial charge in [-0.25, -0.2) is 9.59 Å². The number of aliphatic carboxylic acids is 1. The van der Waals surface area contributed by atoms with Gasteiger partial charge in [0.25, 0.3) is 0 Å². The molecule has 1 aromatic carbocycles. The van der Waals surface area contributed by atoms with E-state index in [1.165, 1.54) is 6.92 Å². The Labute approximate surface area is 163 Å². The zero-order valence-electron chi connectivity index (χ0n) is 16.2. The highest BCUT2D eigenvalue weighted by Gasteiger charge is 2.24. The monoisotopic (exact) mass is 393 g/mol. The van der Waals surface area contributed by atoms with Gasteiger partial charge in [-0.05, 0) is 24.8 Å². The first-order valence-electron chi connectivity index (χ1n) is 8.96. The fourth-order valence-electron chi connectivity index (χ4n) is 2.27. The maximum atomic E-state index is 12.1. The minimum atomic E-state index is -1.14. The van der Waals surface area contributed by atoms with Gasteiger partial charge in [-0.1, -0.05) is 44.2 Å². The lowest BCUT2D eigenvalue weighted by molar-refractivity contribution is -0.142. The fraction of sp³-hybridized carbons (Fsp3) is 0.474. The van der Waals surface area contributed by atoms with Crippen molar-refractivity contribution in [2.24, 2.45) is 5.92 Å². The van der Waals surface area contributed by atoms with Crippen LogP contribution in [0.4, 0.5) is 4.79 Å². The number of nitrogens with one attached hydrogen (secondary N) is 3. The van der Waals surface area contributed by atoms with Crippen LogP contribution in [0.15, 0.2) is 30.3 Å². The van der Waals surface area contributed by atoms with Crippen molar-refractivity contribution in [3.63, 3.8) is 0 Å². The highest BCUT2D eigenvalue weighted by Crippen LogP contribution is 2.05. The van der Waals surface area contributed by atoms with Gasteiger partial charge >= 0.3 is 12.1 Å². The molecule has 0 aliphatic heterocycles. The second-order valence-electron chi connectivity index (χ2n) is 6.73. The van der Waals surface area contributed by atoms with E-state index in [-0.39, 0.29) is 25.5 Å². The number of alkyl carbamates (subject to hydrolysis) is 1. The third kappa shape index (κ3) is 9.02. The molecule has 0 aliphatic rings. The molecule has 28 heavy (non-hydrogen) atoms. The van der Waals surface area contributed by atoms with E-state index in [9.17, 15) is 19.2 Å². The molecular weight excluding hydrogens is 366 g/mol. The van der Waals surface area contributed by atoms with Crippen LogP contribution in [-0.2, 0) is 25.7 Å². The number of ether oxygens (including phenoxy) is 1. The Kier molecular flexibility index (Phi) is 9.49. The van der Waals surface area contributed by atoms with E-state index in [1.54, 1.807) is 12.1 Å². The molecule has 1 rings (SSSR count). The number of carboxylic acids is 1. The summed E-state index contributed by atoms with van der Waals surface area (Å²) in [5.41, 5.74) is 0.807. The van der Waals surface area contributed by atoms with Crippen molar-refractivity contribution < 1.29 is 29.0 Å². The predicted molar refractivity (Wildman–Crippen MR) is 101 cm³/mol. The first kappa shape index (κ1) is 22.9. The minimum Gasteiger partial charge on any atom is -0.480 e. The number of hydrogen-bond acceptors (Lipinski definition) is 5. The Hall–Kier alpha value is -3.10. The van der Waals surface area contributed by atoms with E-state index < -0.39 is 36.0 Å². The third-order valence-electron chi connectivity index (χ3n) is 3.70. The molecule has 9 nitrogen and oxygen atoms in total. The van der Waals surface area contributed by atoms with E-state index in [2.05, 4.69) is 16.0 Å². The second kappa shape index (κ2) is 11.6. The van der Waals surface area contributed by atoms with E-state index >= 15 is 0 Å². The van der Waals surface area contributed by atoms with Crippen LogP contribution in [0.3, 0.4) is 0 Å². The number of amides is 3. The summed E-state index contributed by atoms with van der Waals surface area (Å²) in [6.07, 6.45) is -0.490. The van der Waals surface area contributed by atoms with Gasteiger partial charge in [-0.15, -0.1) is 0 Å². The molecule has 2 atom stereocenters. The maximum Gasteiger partial charge on any atom is 0.407 e. The number of carbonyl (C=O) groups excluding carboxylic acids is 3. The van der Waals surface area contributed by atoms with Gasteiger partial charge in [0.05, 0.1) is 0 Å². The van der Waals surface area contributed by atoms with E-state index in [4.69, 9.17) is 9.84 Å². The van der Waals surface area contributed by atoms with Crippen LogP contribution < -0.4 is 16.0 Å². The molecule has 154 valence electrons. The van der Waals surface area contributed by atoms with Crippen LogP contribution in [0.25, 0.3) is 0 Å². The first-order valence-corrected chi connectivity index (χ1v) is 8.96. The van der Waals surface area contributed by atoms with E-state index in [0.717, 1.165) is 5.56 Å². The third-order valence-corrected chi connectivity index (χ3v) is 3.70. The lowest BCUT2D eigenvalue weighted by Crippen LogP contribution is -2.52. The number of rotatable bonds is 10. The largest absolute Gasteiger partial charge is 0.480 e. The number of carbonyl (C=O) groups is 4. The van der Waals surface area contributed by atoms with Gasteiger partial charge in [0.15, 0.2) is 0 Å². The van der Waals surface area contributed by atoms with Crippen molar-refractivity contribution >= 4 is 23.9 Å². The average Bonchev–Trinajstić information content (AvgIpc) is 2.64. The van der Waals surface area contributed by atoms with Crippen LogP contribution in [0.1, 0.15) is 32.8 Å². The number of carboxylic acid groups (broad SMARTS) is 1. The molecule has 4 N–H and O–H groups in total. The molecule has 0 bridgehead atoms. The molecular formula is C19H27N3O6. The summed E-state index contributed by atoms with van der Waals surface area (Å²) in [6.45, 7) is 4.81. The van der Waals surface area contributed by atoms with E-state index in [0.29, 0.717) is 0 Å². The molecule has 0 saturated heterocycles. The summed E-state index contributed by atoms with van der Waals surface area (Å²) >= 11 is 0. The zero-order chi connectivity index (χ0) is 21.1. The topological polar surface area (TPSA) is 134 Å². The number of benzene rings is 1. The molecule has 0 saturated carbocycles. The Bertz CT molecular complexity index is 678. The van der Waals surface area contributed by atoms with Gasteiger partial charge in [-0.3, -0.25) is 9.59 Å². The molecule has 3 amide bonds. The molecule has 0 spiro atoms. The van der Waals surface area contributed by atoms with Crippen molar-refractivity contribution in [3.05, 3.63) is 35.9 Å². The van der Waals surface area contributed by atoms with Crippen molar-refractivity contribution in [3.8, 4) is 0 Å². The van der Waals surface area contributed by atoms with Gasteiger partial charge < -0.3 is 25.8 Å². The summed E-state index contributed by atoms with van der Waals surface area (Å²) in [4.78, 5) is 46.7. The quantitative estimate of drug-likeness (QED) is 0.469. The Morgan fingerprint density at radius 1 is 1.04 bits per heavy atom. The normalized spacial score (nSPS) is 12.6. The van der Waals surface area contributed by atoms with Crippen molar-refractivity contribution in [2.45, 2.75) is 45.9 Å². The standard InChI is InChI=1S/C19H27N3O6/c1-12(2)9-15(18(25)26)22-17(24)13(3)21-16(23)10-20-19(27)28-11-14-7-5-4-6-8-14/h4-8,12-13,15H,9-11H2,1-3H3,(H,20,27)(H,21,23)(H,22,24)(H,25,26). The molecule has 0 radical (unpaired) electrons. The summed E-state index contributed by atoms with van der Waals surface area (Å²) in [5.74, 6) is -2.27. The molecule has 0 fully saturated rings. The molecule has 0 aliphatic carbocycles. The van der Waals surface area contributed by atoms with Crippen LogP contribution in [0.2, 0.25) is 0 Å². The molecule has 0 heterocycles. The fourth-order valence-corrected chi connectivity index (χ4v) is 2.27. The summed E-state index contributed by atoms with van der Waals surface area (Å²) in [7, 11) is 0. The van der Waals surface area contributed by atoms with E-state index in [1.807, 2.05) is 32.0 Å². The van der Waals surface area contributed by atoms with Gasteiger partial charge in [0, 0.05) is 0 Å². The minimum absolute atomic E-state index is 0.0690. The maximum absolute atomic E-state index is 12.1. The Morgan fingerprint density at radius 2 is 1.68 bits per heavy atom. The van der Waals surface area contributed by atoms with Crippen LogP contribution in [0.5, 0.6) is 0 Å². The molecule has 0 aromatic heterocycles. The number of hydrogen-bond donors (Lipinski definition) is 4.